The minimum Gasteiger partial charge on any atom is -0.381 e. The molecule has 3 heterocycles. The highest BCUT2D eigenvalue weighted by Crippen LogP contribution is 2.29. The highest BCUT2D eigenvalue weighted by atomic mass is 32.2. The molecule has 0 atom stereocenters. The van der Waals surface area contributed by atoms with Crippen molar-refractivity contribution in [1.29, 1.82) is 0 Å². The molecule has 1 fully saturated rings. The van der Waals surface area contributed by atoms with Crippen molar-refractivity contribution in [1.82, 2.24) is 14.8 Å². The Morgan fingerprint density at radius 1 is 1.16 bits per heavy atom. The van der Waals surface area contributed by atoms with Gasteiger partial charge in [0.25, 0.3) is 5.91 Å². The van der Waals surface area contributed by atoms with Crippen molar-refractivity contribution in [2.24, 2.45) is 0 Å². The molecule has 3 N–H and O–H groups in total. The smallest absolute Gasteiger partial charge is 0.259 e. The molecule has 11 heteroatoms. The lowest BCUT2D eigenvalue weighted by Crippen LogP contribution is -2.29. The summed E-state index contributed by atoms with van der Waals surface area (Å²) in [6.45, 7) is 4.01. The van der Waals surface area contributed by atoms with Crippen molar-refractivity contribution in [3.63, 3.8) is 0 Å². The largest absolute Gasteiger partial charge is 0.381 e. The van der Waals surface area contributed by atoms with Gasteiger partial charge in [-0.3, -0.25) is 9.52 Å². The number of aryl methyl sites for hydroxylation is 1. The lowest BCUT2D eigenvalue weighted by molar-refractivity contribution is 0.0904. The van der Waals surface area contributed by atoms with Crippen molar-refractivity contribution < 1.29 is 17.9 Å². The van der Waals surface area contributed by atoms with Crippen LogP contribution in [-0.4, -0.2) is 54.6 Å². The Hall–Kier alpha value is -3.18. The third kappa shape index (κ3) is 5.00. The molecule has 170 valence electrons. The van der Waals surface area contributed by atoms with Crippen molar-refractivity contribution >= 4 is 44.0 Å². The van der Waals surface area contributed by atoms with Gasteiger partial charge in [-0.05, 0) is 44.0 Å². The fourth-order valence-corrected chi connectivity index (χ4v) is 4.23. The first kappa shape index (κ1) is 22.0. The summed E-state index contributed by atoms with van der Waals surface area (Å²) in [7, 11) is -3.37. The van der Waals surface area contributed by atoms with Crippen LogP contribution in [0.4, 0.5) is 17.1 Å². The summed E-state index contributed by atoms with van der Waals surface area (Å²) in [5.74, 6) is -0.318. The highest BCUT2D eigenvalue weighted by molar-refractivity contribution is 7.92. The van der Waals surface area contributed by atoms with E-state index in [2.05, 4.69) is 25.4 Å². The van der Waals surface area contributed by atoms with Crippen molar-refractivity contribution in [2.45, 2.75) is 32.4 Å². The molecule has 0 spiro atoms. The van der Waals surface area contributed by atoms with Gasteiger partial charge in [-0.25, -0.2) is 18.1 Å². The van der Waals surface area contributed by atoms with Gasteiger partial charge in [0, 0.05) is 43.4 Å². The van der Waals surface area contributed by atoms with Crippen LogP contribution in [0.3, 0.4) is 0 Å². The lowest BCUT2D eigenvalue weighted by Gasteiger charge is -2.25. The maximum absolute atomic E-state index is 13.2. The molecule has 3 aromatic rings. The van der Waals surface area contributed by atoms with Crippen LogP contribution in [0.15, 0.2) is 36.7 Å². The number of hydrogen-bond acceptors (Lipinski definition) is 7. The molecule has 1 saturated heterocycles. The van der Waals surface area contributed by atoms with E-state index in [0.29, 0.717) is 42.4 Å². The summed E-state index contributed by atoms with van der Waals surface area (Å²) in [6.07, 6.45) is 6.07. The molecule has 0 aliphatic carbocycles. The van der Waals surface area contributed by atoms with Gasteiger partial charge >= 0.3 is 0 Å². The summed E-state index contributed by atoms with van der Waals surface area (Å²) >= 11 is 0. The zero-order chi connectivity index (χ0) is 22.7. The molecule has 1 aliphatic heterocycles. The molecule has 0 radical (unpaired) electrons. The fourth-order valence-electron chi connectivity index (χ4n) is 3.67. The second kappa shape index (κ2) is 9.13. The Bertz CT molecular complexity index is 1220. The van der Waals surface area contributed by atoms with Crippen LogP contribution in [-0.2, 0) is 21.3 Å². The molecule has 1 amide bonds. The first-order valence-corrected chi connectivity index (χ1v) is 12.3. The van der Waals surface area contributed by atoms with Gasteiger partial charge in [0.05, 0.1) is 29.1 Å². The van der Waals surface area contributed by atoms with E-state index in [1.54, 1.807) is 41.3 Å². The molecular weight excluding hydrogens is 432 g/mol. The molecule has 0 saturated carbocycles. The molecule has 4 rings (SSSR count). The highest BCUT2D eigenvalue weighted by Gasteiger charge is 2.22. The average Bonchev–Trinajstić information content (AvgIpc) is 3.19. The molecule has 10 nitrogen and oxygen atoms in total. The molecule has 0 unspecified atom stereocenters. The molecule has 2 aromatic heterocycles. The van der Waals surface area contributed by atoms with Crippen LogP contribution in [0.2, 0.25) is 0 Å². The SMILES string of the molecule is CCn1ncc2c(NC3CCOCC3)c(C(=O)Nc3ccc(NS(C)(=O)=O)cc3)cnc21. The predicted octanol–water partition coefficient (Wildman–Crippen LogP) is 2.67. The van der Waals surface area contributed by atoms with E-state index in [0.717, 1.165) is 30.1 Å². The van der Waals surface area contributed by atoms with E-state index in [4.69, 9.17) is 4.74 Å². The summed E-state index contributed by atoms with van der Waals surface area (Å²) in [4.78, 5) is 17.6. The van der Waals surface area contributed by atoms with E-state index < -0.39 is 10.0 Å². The molecule has 0 bridgehead atoms. The number of amides is 1. The van der Waals surface area contributed by atoms with Crippen molar-refractivity contribution in [2.75, 3.05) is 34.8 Å². The number of nitrogens with zero attached hydrogens (tertiary/aromatic N) is 3. The number of hydrogen-bond donors (Lipinski definition) is 3. The number of pyridine rings is 1. The summed E-state index contributed by atoms with van der Waals surface area (Å²) in [5, 5.41) is 11.6. The number of sulfonamides is 1. The van der Waals surface area contributed by atoms with E-state index in [9.17, 15) is 13.2 Å². The van der Waals surface area contributed by atoms with Crippen LogP contribution in [0, 0.1) is 0 Å². The number of rotatable bonds is 7. The monoisotopic (exact) mass is 458 g/mol. The lowest BCUT2D eigenvalue weighted by atomic mass is 10.1. The Labute approximate surface area is 186 Å². The third-order valence-corrected chi connectivity index (χ3v) is 5.83. The van der Waals surface area contributed by atoms with E-state index in [1.807, 2.05) is 6.92 Å². The Kier molecular flexibility index (Phi) is 6.28. The molecule has 1 aliphatic rings. The van der Waals surface area contributed by atoms with E-state index in [-0.39, 0.29) is 11.9 Å². The Balaban J connectivity index is 1.62. The number of anilines is 3. The quantitative estimate of drug-likeness (QED) is 0.497. The average molecular weight is 459 g/mol. The second-order valence-electron chi connectivity index (χ2n) is 7.68. The molecular formula is C21H26N6O4S. The van der Waals surface area contributed by atoms with Crippen molar-refractivity contribution in [3.8, 4) is 0 Å². The third-order valence-electron chi connectivity index (χ3n) is 5.23. The normalized spacial score (nSPS) is 14.9. The Morgan fingerprint density at radius 3 is 2.50 bits per heavy atom. The van der Waals surface area contributed by atoms with Gasteiger partial charge in [-0.2, -0.15) is 5.10 Å². The number of aromatic nitrogens is 3. The van der Waals surface area contributed by atoms with E-state index in [1.165, 1.54) is 0 Å². The van der Waals surface area contributed by atoms with Crippen LogP contribution in [0.5, 0.6) is 0 Å². The van der Waals surface area contributed by atoms with Gasteiger partial charge in [-0.1, -0.05) is 0 Å². The second-order valence-corrected chi connectivity index (χ2v) is 9.43. The van der Waals surface area contributed by atoms with E-state index >= 15 is 0 Å². The zero-order valence-corrected chi connectivity index (χ0v) is 18.8. The summed E-state index contributed by atoms with van der Waals surface area (Å²) in [6, 6.07) is 6.64. The van der Waals surface area contributed by atoms with Crippen LogP contribution in [0.1, 0.15) is 30.1 Å². The molecule has 1 aromatic carbocycles. The topological polar surface area (TPSA) is 127 Å². The first-order chi connectivity index (χ1) is 15.3. The van der Waals surface area contributed by atoms with Gasteiger partial charge in [-0.15, -0.1) is 0 Å². The van der Waals surface area contributed by atoms with Crippen molar-refractivity contribution in [3.05, 3.63) is 42.2 Å². The molecule has 32 heavy (non-hydrogen) atoms. The van der Waals surface area contributed by atoms with Gasteiger partial charge < -0.3 is 15.4 Å². The predicted molar refractivity (Wildman–Crippen MR) is 124 cm³/mol. The Morgan fingerprint density at radius 2 is 1.84 bits per heavy atom. The maximum Gasteiger partial charge on any atom is 0.259 e. The number of carbonyl (C=O) groups excluding carboxylic acids is 1. The number of nitrogens with one attached hydrogen (secondary N) is 3. The minimum atomic E-state index is -3.37. The van der Waals surface area contributed by atoms with Gasteiger partial charge in [0.2, 0.25) is 10.0 Å². The summed E-state index contributed by atoms with van der Waals surface area (Å²) in [5.41, 5.74) is 2.79. The summed E-state index contributed by atoms with van der Waals surface area (Å²) < 4.78 is 32.4. The van der Waals surface area contributed by atoms with Crippen LogP contribution in [0.25, 0.3) is 11.0 Å². The van der Waals surface area contributed by atoms with Crippen LogP contribution >= 0.6 is 0 Å². The number of fused-ring (bicyclic) bond motifs is 1. The number of benzene rings is 1. The van der Waals surface area contributed by atoms with Crippen LogP contribution < -0.4 is 15.4 Å². The van der Waals surface area contributed by atoms with Gasteiger partial charge in [0.15, 0.2) is 5.65 Å². The zero-order valence-electron chi connectivity index (χ0n) is 18.0. The maximum atomic E-state index is 13.2. The number of ether oxygens (including phenoxy) is 1. The standard InChI is InChI=1S/C21H26N6O4S/c1-3-27-20-17(13-23-27)19(24-15-8-10-31-11-9-15)18(12-22-20)21(28)25-14-4-6-16(7-5-14)26-32(2,29)30/h4-7,12-13,15,26H,3,8-11H2,1-2H3,(H,22,24)(H,25,28). The number of carbonyl (C=O) groups is 1. The minimum absolute atomic E-state index is 0.187. The fraction of sp³-hybridized carbons (Fsp3) is 0.381. The van der Waals surface area contributed by atoms with Gasteiger partial charge in [0.1, 0.15) is 0 Å². The first-order valence-electron chi connectivity index (χ1n) is 10.4.